The first-order valence-corrected chi connectivity index (χ1v) is 16.1. The summed E-state index contributed by atoms with van der Waals surface area (Å²) in [6, 6.07) is 17.8. The van der Waals surface area contributed by atoms with Crippen LogP contribution in [0, 0.1) is 0 Å². The molecule has 0 N–H and O–H groups in total. The van der Waals surface area contributed by atoms with Gasteiger partial charge in [0.25, 0.3) is 5.56 Å². The lowest BCUT2D eigenvalue weighted by atomic mass is 9.95. The van der Waals surface area contributed by atoms with E-state index in [0.717, 1.165) is 20.1 Å². The number of ether oxygens (including phenoxy) is 3. The number of thiazole rings is 1. The highest BCUT2D eigenvalue weighted by Gasteiger charge is 2.35. The summed E-state index contributed by atoms with van der Waals surface area (Å²) in [5.41, 5.74) is 2.91. The van der Waals surface area contributed by atoms with Gasteiger partial charge in [-0.1, -0.05) is 57.1 Å². The average Bonchev–Trinajstić information content (AvgIpc) is 3.26. The van der Waals surface area contributed by atoms with E-state index < -0.39 is 12.0 Å². The van der Waals surface area contributed by atoms with Gasteiger partial charge in [-0.05, 0) is 96.4 Å². The van der Waals surface area contributed by atoms with Crippen molar-refractivity contribution >= 4 is 66.8 Å². The maximum Gasteiger partial charge on any atom is 0.338 e. The highest BCUT2D eigenvalue weighted by Crippen LogP contribution is 2.37. The number of halogens is 3. The molecule has 1 aromatic heterocycles. The second-order valence-electron chi connectivity index (χ2n) is 10.0. The Balaban J connectivity index is 1.56. The molecule has 2 heterocycles. The fourth-order valence-corrected chi connectivity index (χ4v) is 6.75. The fourth-order valence-electron chi connectivity index (χ4n) is 4.69. The number of carbonyl (C=O) groups excluding carboxylic acids is 1. The quantitative estimate of drug-likeness (QED) is 0.183. The van der Waals surface area contributed by atoms with Crippen LogP contribution in [0.3, 0.4) is 0 Å². The minimum Gasteiger partial charge on any atom is -0.496 e. The largest absolute Gasteiger partial charge is 0.496 e. The zero-order chi connectivity index (χ0) is 30.8. The van der Waals surface area contributed by atoms with Crippen LogP contribution in [0.25, 0.3) is 6.08 Å². The van der Waals surface area contributed by atoms with Crippen LogP contribution in [-0.4, -0.2) is 23.8 Å². The second kappa shape index (κ2) is 13.2. The molecule has 7 nitrogen and oxygen atoms in total. The minimum atomic E-state index is -0.799. The highest BCUT2D eigenvalue weighted by molar-refractivity contribution is 9.10. The SMILES string of the molecule is COc1ccc(Br)cc1[C@H]1C(C(=O)OC(C)C)=C(C)N=c2s/c(=C\c3ccc(OCc4ccc(Cl)cc4)c(Br)c3)c(=O)n21. The number of methoxy groups -OCH3 is 1. The van der Waals surface area contributed by atoms with E-state index in [0.29, 0.717) is 43.7 Å². The van der Waals surface area contributed by atoms with Crippen LogP contribution in [0.15, 0.2) is 90.7 Å². The van der Waals surface area contributed by atoms with E-state index in [1.54, 1.807) is 44.6 Å². The zero-order valence-electron chi connectivity index (χ0n) is 23.7. The monoisotopic (exact) mass is 744 g/mol. The number of benzene rings is 3. The topological polar surface area (TPSA) is 79.1 Å². The summed E-state index contributed by atoms with van der Waals surface area (Å²) in [7, 11) is 1.56. The summed E-state index contributed by atoms with van der Waals surface area (Å²) in [4.78, 5) is 32.6. The Hall–Kier alpha value is -3.18. The first kappa shape index (κ1) is 31.3. The molecule has 4 aromatic rings. The molecule has 0 amide bonds. The zero-order valence-corrected chi connectivity index (χ0v) is 28.4. The lowest BCUT2D eigenvalue weighted by molar-refractivity contribution is -0.143. The number of rotatable bonds is 8. The smallest absolute Gasteiger partial charge is 0.338 e. The summed E-state index contributed by atoms with van der Waals surface area (Å²) in [5.74, 6) is 0.667. The molecule has 0 fully saturated rings. The van der Waals surface area contributed by atoms with Crippen LogP contribution in [0.1, 0.15) is 43.5 Å². The van der Waals surface area contributed by atoms with Crippen LogP contribution in [0.2, 0.25) is 5.02 Å². The number of carbonyl (C=O) groups is 1. The first-order valence-electron chi connectivity index (χ1n) is 13.3. The third kappa shape index (κ3) is 6.82. The van der Waals surface area contributed by atoms with Gasteiger partial charge in [0.15, 0.2) is 4.80 Å². The minimum absolute atomic E-state index is 0.280. The van der Waals surface area contributed by atoms with Crippen LogP contribution in [0.4, 0.5) is 0 Å². The van der Waals surface area contributed by atoms with Crippen molar-refractivity contribution in [3.63, 3.8) is 0 Å². The van der Waals surface area contributed by atoms with Crippen LogP contribution < -0.4 is 24.4 Å². The van der Waals surface area contributed by atoms with E-state index in [2.05, 4.69) is 36.9 Å². The summed E-state index contributed by atoms with van der Waals surface area (Å²) in [6.45, 7) is 5.70. The van der Waals surface area contributed by atoms with E-state index in [9.17, 15) is 9.59 Å². The van der Waals surface area contributed by atoms with Crippen molar-refractivity contribution in [2.45, 2.75) is 39.5 Å². The molecule has 0 bridgehead atoms. The number of allylic oxidation sites excluding steroid dienone is 1. The van der Waals surface area contributed by atoms with Crippen molar-refractivity contribution < 1.29 is 19.0 Å². The fraction of sp³-hybridized carbons (Fsp3) is 0.219. The molecule has 1 aliphatic heterocycles. The molecule has 0 spiro atoms. The molecule has 1 atom stereocenters. The molecule has 222 valence electrons. The lowest BCUT2D eigenvalue weighted by Crippen LogP contribution is -2.40. The van der Waals surface area contributed by atoms with Gasteiger partial charge in [0.2, 0.25) is 0 Å². The molecule has 0 aliphatic carbocycles. The van der Waals surface area contributed by atoms with Gasteiger partial charge in [-0.3, -0.25) is 9.36 Å². The molecule has 5 rings (SSSR count). The normalized spacial score (nSPS) is 14.9. The summed E-state index contributed by atoms with van der Waals surface area (Å²) in [6.07, 6.45) is 1.46. The number of hydrogen-bond acceptors (Lipinski definition) is 7. The number of hydrogen-bond donors (Lipinski definition) is 0. The van der Waals surface area contributed by atoms with Gasteiger partial charge in [-0.25, -0.2) is 9.79 Å². The van der Waals surface area contributed by atoms with E-state index >= 15 is 0 Å². The number of aromatic nitrogens is 1. The maximum atomic E-state index is 14.0. The summed E-state index contributed by atoms with van der Waals surface area (Å²) < 4.78 is 20.8. The Labute approximate surface area is 274 Å². The van der Waals surface area contributed by atoms with E-state index in [4.69, 9.17) is 25.8 Å². The Morgan fingerprint density at radius 3 is 2.49 bits per heavy atom. The van der Waals surface area contributed by atoms with Gasteiger partial charge in [0, 0.05) is 15.1 Å². The van der Waals surface area contributed by atoms with Crippen molar-refractivity contribution in [3.05, 3.63) is 122 Å². The lowest BCUT2D eigenvalue weighted by Gasteiger charge is -2.26. The number of fused-ring (bicyclic) bond motifs is 1. The van der Waals surface area contributed by atoms with Gasteiger partial charge in [-0.15, -0.1) is 0 Å². The molecule has 0 unspecified atom stereocenters. The van der Waals surface area contributed by atoms with Crippen molar-refractivity contribution in [2.24, 2.45) is 4.99 Å². The van der Waals surface area contributed by atoms with Gasteiger partial charge >= 0.3 is 5.97 Å². The Morgan fingerprint density at radius 2 is 1.81 bits per heavy atom. The third-order valence-corrected chi connectivity index (χ3v) is 8.98. The number of nitrogens with zero attached hydrogens (tertiary/aromatic N) is 2. The van der Waals surface area contributed by atoms with Crippen molar-refractivity contribution in [2.75, 3.05) is 7.11 Å². The molecular formula is C32H27Br2ClN2O5S. The molecule has 0 radical (unpaired) electrons. The molecular weight excluding hydrogens is 720 g/mol. The predicted octanol–water partition coefficient (Wildman–Crippen LogP) is 6.95. The molecule has 43 heavy (non-hydrogen) atoms. The van der Waals surface area contributed by atoms with Gasteiger partial charge in [-0.2, -0.15) is 0 Å². The Bertz CT molecular complexity index is 1920. The molecule has 11 heteroatoms. The van der Waals surface area contributed by atoms with Crippen molar-refractivity contribution in [3.8, 4) is 11.5 Å². The first-order chi connectivity index (χ1) is 20.5. The second-order valence-corrected chi connectivity index (χ2v) is 13.2. The highest BCUT2D eigenvalue weighted by atomic mass is 79.9. The Morgan fingerprint density at radius 1 is 1.09 bits per heavy atom. The van der Waals surface area contributed by atoms with E-state index in [-0.39, 0.29) is 17.2 Å². The van der Waals surface area contributed by atoms with Gasteiger partial charge in [0.05, 0.1) is 33.5 Å². The van der Waals surface area contributed by atoms with E-state index in [1.165, 1.54) is 11.3 Å². The Kier molecular flexibility index (Phi) is 9.60. The van der Waals surface area contributed by atoms with Crippen molar-refractivity contribution in [1.82, 2.24) is 4.57 Å². The van der Waals surface area contributed by atoms with Crippen molar-refractivity contribution in [1.29, 1.82) is 0 Å². The van der Waals surface area contributed by atoms with Crippen LogP contribution >= 0.6 is 54.8 Å². The summed E-state index contributed by atoms with van der Waals surface area (Å²) >= 11 is 14.4. The standard InChI is InChI=1S/C32H27Br2ClN2O5S/c1-17(2)42-31(39)28-18(3)36-32-37(29(28)23-15-21(33)8-12-25(23)40-4)30(38)27(43-32)14-20-7-11-26(24(34)13-20)41-16-19-5-9-22(35)10-6-19/h5-15,17,29H,16H2,1-4H3/b27-14-/t29-/m0/s1. The van der Waals surface area contributed by atoms with Crippen LogP contribution in [-0.2, 0) is 16.1 Å². The number of esters is 1. The molecule has 0 saturated carbocycles. The predicted molar refractivity (Wildman–Crippen MR) is 176 cm³/mol. The van der Waals surface area contributed by atoms with E-state index in [1.807, 2.05) is 54.6 Å². The van der Waals surface area contributed by atoms with Crippen LogP contribution in [0.5, 0.6) is 11.5 Å². The average molecular weight is 747 g/mol. The maximum absolute atomic E-state index is 14.0. The van der Waals surface area contributed by atoms with Gasteiger partial charge < -0.3 is 14.2 Å². The molecule has 1 aliphatic rings. The molecule has 3 aromatic carbocycles. The molecule has 0 saturated heterocycles. The van der Waals surface area contributed by atoms with Gasteiger partial charge in [0.1, 0.15) is 24.1 Å². The summed E-state index contributed by atoms with van der Waals surface area (Å²) in [5, 5.41) is 0.670. The third-order valence-electron chi connectivity index (χ3n) is 6.63.